The molecule has 1 aromatic heterocycles. The molecule has 0 radical (unpaired) electrons. The molecule has 0 bridgehead atoms. The van der Waals surface area contributed by atoms with Gasteiger partial charge in [0, 0.05) is 57.1 Å². The van der Waals surface area contributed by atoms with Crippen molar-refractivity contribution in [2.24, 2.45) is 0 Å². The highest BCUT2D eigenvalue weighted by molar-refractivity contribution is 5.31. The van der Waals surface area contributed by atoms with Gasteiger partial charge in [-0.15, -0.1) is 0 Å². The van der Waals surface area contributed by atoms with Gasteiger partial charge < -0.3 is 5.11 Å². The normalized spacial score (nSPS) is 18.0. The van der Waals surface area contributed by atoms with Gasteiger partial charge in [0.15, 0.2) is 0 Å². The second-order valence-corrected chi connectivity index (χ2v) is 8.07. The lowest BCUT2D eigenvalue weighted by Crippen LogP contribution is -2.52. The van der Waals surface area contributed by atoms with Crippen LogP contribution in [0.15, 0.2) is 60.9 Å². The molecule has 0 aliphatic carbocycles. The molecule has 1 saturated heterocycles. The van der Waals surface area contributed by atoms with Crippen LogP contribution in [0.5, 0.6) is 0 Å². The van der Waals surface area contributed by atoms with Crippen molar-refractivity contribution in [1.29, 1.82) is 0 Å². The van der Waals surface area contributed by atoms with Gasteiger partial charge in [-0.3, -0.25) is 9.80 Å². The number of halogens is 1. The molecule has 30 heavy (non-hydrogen) atoms. The molecular formula is C24H29FN4O. The summed E-state index contributed by atoms with van der Waals surface area (Å²) in [5.74, 6) is -0.246. The molecule has 1 N–H and O–H groups in total. The van der Waals surface area contributed by atoms with E-state index in [0.29, 0.717) is 6.04 Å². The van der Waals surface area contributed by atoms with E-state index in [4.69, 9.17) is 0 Å². The zero-order valence-corrected chi connectivity index (χ0v) is 17.4. The number of aryl methyl sites for hydroxylation is 1. The monoisotopic (exact) mass is 408 g/mol. The Kier molecular flexibility index (Phi) is 6.57. The number of benzene rings is 2. The maximum absolute atomic E-state index is 13.1. The molecular weight excluding hydrogens is 379 g/mol. The lowest BCUT2D eigenvalue weighted by molar-refractivity contribution is 0.0498. The molecule has 6 heteroatoms. The highest BCUT2D eigenvalue weighted by Crippen LogP contribution is 2.20. The fourth-order valence-corrected chi connectivity index (χ4v) is 4.17. The van der Waals surface area contributed by atoms with Crippen LogP contribution in [-0.4, -0.2) is 57.0 Å². The first-order chi connectivity index (χ1) is 14.6. The van der Waals surface area contributed by atoms with Crippen LogP contribution in [0, 0.1) is 12.7 Å². The number of hydrogen-bond acceptors (Lipinski definition) is 4. The van der Waals surface area contributed by atoms with Crippen molar-refractivity contribution in [1.82, 2.24) is 19.6 Å². The van der Waals surface area contributed by atoms with Gasteiger partial charge >= 0.3 is 0 Å². The van der Waals surface area contributed by atoms with E-state index in [9.17, 15) is 9.50 Å². The van der Waals surface area contributed by atoms with Crippen molar-refractivity contribution in [2.75, 3.05) is 26.2 Å². The number of nitrogens with zero attached hydrogens (tertiary/aromatic N) is 4. The second-order valence-electron chi connectivity index (χ2n) is 8.07. The van der Waals surface area contributed by atoms with E-state index in [-0.39, 0.29) is 12.4 Å². The maximum Gasteiger partial charge on any atom is 0.123 e. The maximum atomic E-state index is 13.1. The number of aromatic nitrogens is 2. The van der Waals surface area contributed by atoms with Crippen LogP contribution in [0.1, 0.15) is 23.1 Å². The summed E-state index contributed by atoms with van der Waals surface area (Å²) in [7, 11) is 0. The van der Waals surface area contributed by atoms with Crippen LogP contribution >= 0.6 is 0 Å². The van der Waals surface area contributed by atoms with Gasteiger partial charge in [0.25, 0.3) is 0 Å². The second kappa shape index (κ2) is 9.51. The van der Waals surface area contributed by atoms with Gasteiger partial charge in [0.2, 0.25) is 0 Å². The Labute approximate surface area is 177 Å². The summed E-state index contributed by atoms with van der Waals surface area (Å²) >= 11 is 0. The molecule has 158 valence electrons. The molecule has 4 rings (SSSR count). The first-order valence-corrected chi connectivity index (χ1v) is 10.5. The Bertz CT molecular complexity index is 956. The summed E-state index contributed by atoms with van der Waals surface area (Å²) in [6.45, 7) is 6.99. The average molecular weight is 409 g/mol. The minimum atomic E-state index is -0.246. The molecule has 1 atom stereocenters. The molecule has 1 aliphatic rings. The third-order valence-corrected chi connectivity index (χ3v) is 5.92. The highest BCUT2D eigenvalue weighted by Gasteiger charge is 2.27. The Balaban J connectivity index is 1.39. The van der Waals surface area contributed by atoms with E-state index in [1.807, 2.05) is 12.4 Å². The van der Waals surface area contributed by atoms with Crippen LogP contribution in [0.3, 0.4) is 0 Å². The topological polar surface area (TPSA) is 44.5 Å². The van der Waals surface area contributed by atoms with Crippen molar-refractivity contribution in [2.45, 2.75) is 32.5 Å². The number of rotatable bonds is 7. The van der Waals surface area contributed by atoms with Crippen LogP contribution in [0.4, 0.5) is 4.39 Å². The Morgan fingerprint density at radius 1 is 1.07 bits per heavy atom. The fourth-order valence-electron chi connectivity index (χ4n) is 4.17. The molecule has 0 saturated carbocycles. The van der Waals surface area contributed by atoms with Crippen LogP contribution in [-0.2, 0) is 13.1 Å². The van der Waals surface area contributed by atoms with Gasteiger partial charge in [-0.2, -0.15) is 5.10 Å². The molecule has 2 aromatic carbocycles. The minimum Gasteiger partial charge on any atom is -0.396 e. The van der Waals surface area contributed by atoms with E-state index in [2.05, 4.69) is 46.1 Å². The Morgan fingerprint density at radius 2 is 1.87 bits per heavy atom. The van der Waals surface area contributed by atoms with Crippen LogP contribution in [0.2, 0.25) is 0 Å². The van der Waals surface area contributed by atoms with Crippen molar-refractivity contribution in [3.8, 4) is 5.69 Å². The summed E-state index contributed by atoms with van der Waals surface area (Å²) in [6.07, 6.45) is 4.66. The molecule has 3 aromatic rings. The first-order valence-electron chi connectivity index (χ1n) is 10.5. The molecule has 0 spiro atoms. The lowest BCUT2D eigenvalue weighted by Gasteiger charge is -2.41. The Morgan fingerprint density at radius 3 is 2.63 bits per heavy atom. The summed E-state index contributed by atoms with van der Waals surface area (Å²) in [5.41, 5.74) is 4.66. The third-order valence-electron chi connectivity index (χ3n) is 5.92. The smallest absolute Gasteiger partial charge is 0.123 e. The van der Waals surface area contributed by atoms with E-state index in [0.717, 1.165) is 50.4 Å². The first kappa shape index (κ1) is 20.7. The average Bonchev–Trinajstić information content (AvgIpc) is 3.20. The zero-order chi connectivity index (χ0) is 20.9. The Hall–Kier alpha value is -2.54. The zero-order valence-electron chi connectivity index (χ0n) is 17.4. The standard InChI is InChI=1S/C24H29FN4O/c1-19-4-2-3-5-21(19)17-28-12-11-27(18-24(28)10-13-30)15-20-14-26-29(16-20)23-8-6-22(25)7-9-23/h2-9,14,16,24,30H,10-13,15,17-18H2,1H3/t24-/m1/s1. The molecule has 2 heterocycles. The quantitative estimate of drug-likeness (QED) is 0.651. The van der Waals surface area contributed by atoms with Gasteiger partial charge in [-0.25, -0.2) is 9.07 Å². The van der Waals surface area contributed by atoms with Gasteiger partial charge in [-0.05, 0) is 48.7 Å². The van der Waals surface area contributed by atoms with E-state index in [1.54, 1.807) is 16.8 Å². The molecule has 0 amide bonds. The summed E-state index contributed by atoms with van der Waals surface area (Å²) < 4.78 is 14.9. The molecule has 5 nitrogen and oxygen atoms in total. The predicted molar refractivity (Wildman–Crippen MR) is 116 cm³/mol. The van der Waals surface area contributed by atoms with E-state index in [1.165, 1.54) is 23.3 Å². The van der Waals surface area contributed by atoms with Crippen molar-refractivity contribution < 1.29 is 9.50 Å². The SMILES string of the molecule is Cc1ccccc1CN1CCN(Cc2cnn(-c3ccc(F)cc3)c2)C[C@H]1CCO. The largest absolute Gasteiger partial charge is 0.396 e. The van der Waals surface area contributed by atoms with E-state index < -0.39 is 0 Å². The third kappa shape index (κ3) is 4.95. The number of hydrogen-bond donors (Lipinski definition) is 1. The number of aliphatic hydroxyl groups is 1. The summed E-state index contributed by atoms with van der Waals surface area (Å²) in [6, 6.07) is 15.2. The van der Waals surface area contributed by atoms with Gasteiger partial charge in [-0.1, -0.05) is 24.3 Å². The van der Waals surface area contributed by atoms with E-state index >= 15 is 0 Å². The molecule has 0 unspecified atom stereocenters. The lowest BCUT2D eigenvalue weighted by atomic mass is 10.0. The summed E-state index contributed by atoms with van der Waals surface area (Å²) in [4.78, 5) is 4.93. The predicted octanol–water partition coefficient (Wildman–Crippen LogP) is 3.39. The van der Waals surface area contributed by atoms with Gasteiger partial charge in [0.05, 0.1) is 11.9 Å². The van der Waals surface area contributed by atoms with Crippen molar-refractivity contribution >= 4 is 0 Å². The van der Waals surface area contributed by atoms with Crippen molar-refractivity contribution in [3.05, 3.63) is 83.4 Å². The van der Waals surface area contributed by atoms with Crippen LogP contribution in [0.25, 0.3) is 5.69 Å². The fraction of sp³-hybridized carbons (Fsp3) is 0.375. The number of piperazine rings is 1. The summed E-state index contributed by atoms with van der Waals surface area (Å²) in [5, 5.41) is 14.0. The van der Waals surface area contributed by atoms with Crippen molar-refractivity contribution in [3.63, 3.8) is 0 Å². The van der Waals surface area contributed by atoms with Gasteiger partial charge in [0.1, 0.15) is 5.82 Å². The number of aliphatic hydroxyl groups excluding tert-OH is 1. The molecule has 1 fully saturated rings. The minimum absolute atomic E-state index is 0.200. The molecule has 1 aliphatic heterocycles. The van der Waals surface area contributed by atoms with Crippen LogP contribution < -0.4 is 0 Å². The highest BCUT2D eigenvalue weighted by atomic mass is 19.1.